The highest BCUT2D eigenvalue weighted by molar-refractivity contribution is 6.01. The molecule has 7 heteroatoms. The van der Waals surface area contributed by atoms with Crippen LogP contribution in [-0.4, -0.2) is 37.5 Å². The van der Waals surface area contributed by atoms with Crippen molar-refractivity contribution < 1.29 is 4.79 Å². The summed E-state index contributed by atoms with van der Waals surface area (Å²) in [6.07, 6.45) is 6.15. The van der Waals surface area contributed by atoms with Crippen LogP contribution in [0.5, 0.6) is 0 Å². The highest BCUT2D eigenvalue weighted by Crippen LogP contribution is 2.27. The van der Waals surface area contributed by atoms with E-state index in [0.29, 0.717) is 5.69 Å². The molecule has 0 unspecified atom stereocenters. The highest BCUT2D eigenvalue weighted by Gasteiger charge is 2.11. The predicted octanol–water partition coefficient (Wildman–Crippen LogP) is 2.93. The lowest BCUT2D eigenvalue weighted by atomic mass is 9.98. The topological polar surface area (TPSA) is 90.8 Å². The number of hydrogen-bond donors (Lipinski definition) is 3. The van der Waals surface area contributed by atoms with E-state index in [1.807, 2.05) is 6.07 Å². The van der Waals surface area contributed by atoms with Crippen LogP contribution in [0.3, 0.4) is 0 Å². The van der Waals surface area contributed by atoms with E-state index >= 15 is 0 Å². The summed E-state index contributed by atoms with van der Waals surface area (Å²) in [5, 5.41) is 9.57. The van der Waals surface area contributed by atoms with Crippen LogP contribution in [-0.2, 0) is 0 Å². The van der Waals surface area contributed by atoms with Crippen molar-refractivity contribution >= 4 is 41.6 Å². The number of carbonyl (C=O) groups is 1. The van der Waals surface area contributed by atoms with Crippen molar-refractivity contribution in [1.82, 2.24) is 15.6 Å². The van der Waals surface area contributed by atoms with E-state index in [0.717, 1.165) is 36.0 Å². The third kappa shape index (κ3) is 4.01. The molecule has 0 radical (unpaired) electrons. The van der Waals surface area contributed by atoms with Gasteiger partial charge in [-0.15, -0.1) is 0 Å². The highest BCUT2D eigenvalue weighted by atomic mass is 16.2. The van der Waals surface area contributed by atoms with E-state index in [9.17, 15) is 4.79 Å². The molecular weight excluding hydrogens is 328 g/mol. The molecule has 2 aromatic rings. The standard InChI is InChI=1S/C19H20N6O/c1-20-12-18(21-2)25-19(26)24-17-7-10-23-16-4-3-14(11-15(16)17)13-5-8-22-9-6-13/h3-5,7,10-12,22H,1-2,6,8-9H2,(H2,23,24,25,26)/b18-12+. The van der Waals surface area contributed by atoms with Crippen molar-refractivity contribution in [2.24, 2.45) is 9.98 Å². The van der Waals surface area contributed by atoms with Gasteiger partial charge in [-0.3, -0.25) is 15.3 Å². The Balaban J connectivity index is 1.89. The van der Waals surface area contributed by atoms with E-state index in [-0.39, 0.29) is 5.82 Å². The summed E-state index contributed by atoms with van der Waals surface area (Å²) in [5.41, 5.74) is 3.91. The van der Waals surface area contributed by atoms with E-state index < -0.39 is 6.03 Å². The number of carbonyl (C=O) groups excluding carboxylic acids is 1. The Morgan fingerprint density at radius 3 is 2.92 bits per heavy atom. The van der Waals surface area contributed by atoms with Gasteiger partial charge in [-0.1, -0.05) is 12.1 Å². The minimum Gasteiger partial charge on any atom is -0.313 e. The first-order chi connectivity index (χ1) is 12.7. The van der Waals surface area contributed by atoms with Crippen molar-refractivity contribution in [3.8, 4) is 0 Å². The molecule has 2 heterocycles. The van der Waals surface area contributed by atoms with Crippen molar-refractivity contribution in [2.45, 2.75) is 6.42 Å². The Hall–Kier alpha value is -3.32. The zero-order valence-corrected chi connectivity index (χ0v) is 14.3. The summed E-state index contributed by atoms with van der Waals surface area (Å²) in [5.74, 6) is 0.219. The largest absolute Gasteiger partial charge is 0.324 e. The van der Waals surface area contributed by atoms with E-state index in [2.05, 4.69) is 62.6 Å². The van der Waals surface area contributed by atoms with Gasteiger partial charge in [0.1, 0.15) is 0 Å². The second kappa shape index (κ2) is 8.17. The predicted molar refractivity (Wildman–Crippen MR) is 107 cm³/mol. The number of fused-ring (bicyclic) bond motifs is 1. The number of benzene rings is 1. The maximum Gasteiger partial charge on any atom is 0.324 e. The van der Waals surface area contributed by atoms with E-state index in [1.165, 1.54) is 11.8 Å². The fourth-order valence-electron chi connectivity index (χ4n) is 2.81. The number of anilines is 1. The Bertz CT molecular complexity index is 915. The lowest BCUT2D eigenvalue weighted by Crippen LogP contribution is -2.27. The Morgan fingerprint density at radius 1 is 1.31 bits per heavy atom. The number of nitrogens with one attached hydrogen (secondary N) is 3. The number of aliphatic imine (C=N–C) groups is 2. The Morgan fingerprint density at radius 2 is 2.19 bits per heavy atom. The lowest BCUT2D eigenvalue weighted by Gasteiger charge is -2.15. The molecule has 0 saturated carbocycles. The molecule has 1 aliphatic rings. The van der Waals surface area contributed by atoms with Crippen LogP contribution in [0.1, 0.15) is 12.0 Å². The molecule has 26 heavy (non-hydrogen) atoms. The molecule has 0 saturated heterocycles. The zero-order valence-electron chi connectivity index (χ0n) is 14.3. The average Bonchev–Trinajstić information content (AvgIpc) is 2.68. The number of urea groups is 1. The van der Waals surface area contributed by atoms with Gasteiger partial charge in [0.25, 0.3) is 0 Å². The smallest absolute Gasteiger partial charge is 0.313 e. The molecule has 0 bridgehead atoms. The third-order valence-electron chi connectivity index (χ3n) is 4.05. The van der Waals surface area contributed by atoms with Gasteiger partial charge >= 0.3 is 6.03 Å². The maximum atomic E-state index is 12.2. The van der Waals surface area contributed by atoms with Gasteiger partial charge in [0.05, 0.1) is 17.4 Å². The molecule has 1 aliphatic heterocycles. The van der Waals surface area contributed by atoms with Gasteiger partial charge in [0.15, 0.2) is 5.82 Å². The third-order valence-corrected chi connectivity index (χ3v) is 4.05. The normalized spacial score (nSPS) is 14.5. The van der Waals surface area contributed by atoms with Gasteiger partial charge in [0, 0.05) is 18.1 Å². The Labute approximate surface area is 151 Å². The van der Waals surface area contributed by atoms with Crippen LogP contribution in [0.2, 0.25) is 0 Å². The second-order valence-electron chi connectivity index (χ2n) is 5.71. The summed E-state index contributed by atoms with van der Waals surface area (Å²) in [7, 11) is 0. The van der Waals surface area contributed by atoms with Crippen LogP contribution >= 0.6 is 0 Å². The first-order valence-corrected chi connectivity index (χ1v) is 8.21. The fraction of sp³-hybridized carbons (Fsp3) is 0.158. The van der Waals surface area contributed by atoms with Crippen LogP contribution < -0.4 is 16.0 Å². The molecule has 0 fully saturated rings. The summed E-state index contributed by atoms with van der Waals surface area (Å²) in [6.45, 7) is 8.55. The van der Waals surface area contributed by atoms with E-state index in [1.54, 1.807) is 12.3 Å². The number of amides is 2. The molecule has 0 atom stereocenters. The summed E-state index contributed by atoms with van der Waals surface area (Å²) in [4.78, 5) is 23.9. The summed E-state index contributed by atoms with van der Waals surface area (Å²) >= 11 is 0. The average molecular weight is 348 g/mol. The monoisotopic (exact) mass is 348 g/mol. The number of nitrogens with zero attached hydrogens (tertiary/aromatic N) is 3. The quantitative estimate of drug-likeness (QED) is 0.726. The molecule has 132 valence electrons. The zero-order chi connectivity index (χ0) is 18.4. The van der Waals surface area contributed by atoms with Gasteiger partial charge in [-0.05, 0) is 55.7 Å². The van der Waals surface area contributed by atoms with Crippen LogP contribution in [0.15, 0.2) is 58.5 Å². The first-order valence-electron chi connectivity index (χ1n) is 8.21. The van der Waals surface area contributed by atoms with Crippen LogP contribution in [0.4, 0.5) is 10.5 Å². The van der Waals surface area contributed by atoms with Crippen molar-refractivity contribution in [1.29, 1.82) is 0 Å². The van der Waals surface area contributed by atoms with Crippen molar-refractivity contribution in [2.75, 3.05) is 18.4 Å². The van der Waals surface area contributed by atoms with Gasteiger partial charge in [0.2, 0.25) is 0 Å². The minimum absolute atomic E-state index is 0.219. The van der Waals surface area contributed by atoms with Crippen molar-refractivity contribution in [3.63, 3.8) is 0 Å². The number of rotatable bonds is 5. The van der Waals surface area contributed by atoms with Crippen molar-refractivity contribution in [3.05, 3.63) is 54.1 Å². The molecule has 1 aromatic heterocycles. The molecular formula is C19H20N6O. The van der Waals surface area contributed by atoms with Gasteiger partial charge in [-0.25, -0.2) is 9.79 Å². The SMILES string of the molecule is C=N/C=C(\N=C)NC(=O)Nc1ccnc2ccc(C3=CCNCC3)cc12. The number of hydrogen-bond acceptors (Lipinski definition) is 5. The molecule has 2 amide bonds. The van der Waals surface area contributed by atoms with Gasteiger partial charge < -0.3 is 10.6 Å². The summed E-state index contributed by atoms with van der Waals surface area (Å²) in [6, 6.07) is 7.41. The first kappa shape index (κ1) is 17.5. The number of pyridine rings is 1. The molecule has 3 rings (SSSR count). The minimum atomic E-state index is -0.439. The second-order valence-corrected chi connectivity index (χ2v) is 5.71. The van der Waals surface area contributed by atoms with Gasteiger partial charge in [-0.2, -0.15) is 0 Å². The van der Waals surface area contributed by atoms with Crippen LogP contribution in [0, 0.1) is 0 Å². The van der Waals surface area contributed by atoms with Crippen LogP contribution in [0.25, 0.3) is 16.5 Å². The molecule has 3 N–H and O–H groups in total. The maximum absolute atomic E-state index is 12.2. The molecule has 0 aliphatic carbocycles. The Kier molecular flexibility index (Phi) is 5.50. The number of aromatic nitrogens is 1. The fourth-order valence-corrected chi connectivity index (χ4v) is 2.81. The molecule has 0 spiro atoms. The summed E-state index contributed by atoms with van der Waals surface area (Å²) < 4.78 is 0. The molecule has 1 aromatic carbocycles. The van der Waals surface area contributed by atoms with E-state index in [4.69, 9.17) is 0 Å². The lowest BCUT2D eigenvalue weighted by molar-refractivity contribution is 0.254. The molecule has 7 nitrogen and oxygen atoms in total.